The van der Waals surface area contributed by atoms with E-state index in [2.05, 4.69) is 0 Å². The van der Waals surface area contributed by atoms with Crippen molar-refractivity contribution in [2.24, 2.45) is 0 Å². The van der Waals surface area contributed by atoms with Crippen LogP contribution in [0.25, 0.3) is 0 Å². The first-order valence-corrected chi connectivity index (χ1v) is 7.13. The summed E-state index contributed by atoms with van der Waals surface area (Å²) in [6.07, 6.45) is 2.00. The highest BCUT2D eigenvalue weighted by Gasteiger charge is 2.14. The summed E-state index contributed by atoms with van der Waals surface area (Å²) in [5, 5.41) is 10.8. The third-order valence-corrected chi connectivity index (χ3v) is 3.57. The Kier molecular flexibility index (Phi) is 4.47. The lowest BCUT2D eigenvalue weighted by Gasteiger charge is -2.09. The third kappa shape index (κ3) is 3.21. The van der Waals surface area contributed by atoms with Crippen molar-refractivity contribution in [1.29, 1.82) is 0 Å². The molecule has 2 N–H and O–H groups in total. The Bertz CT molecular complexity index is 614. The molecular formula is C14H14N2O3S. The van der Waals surface area contributed by atoms with E-state index in [1.807, 2.05) is 30.5 Å². The molecule has 0 aliphatic heterocycles. The van der Waals surface area contributed by atoms with Crippen LogP contribution in [0.15, 0.2) is 47.4 Å². The Balaban J connectivity index is 2.10. The van der Waals surface area contributed by atoms with Crippen LogP contribution in [-0.4, -0.2) is 11.2 Å². The smallest absolute Gasteiger partial charge is 0.292 e. The fourth-order valence-corrected chi connectivity index (χ4v) is 2.13. The first-order valence-electron chi connectivity index (χ1n) is 5.90. The molecule has 0 unspecified atom stereocenters. The van der Waals surface area contributed by atoms with Gasteiger partial charge in [0.05, 0.1) is 4.92 Å². The molecule has 20 heavy (non-hydrogen) atoms. The van der Waals surface area contributed by atoms with Crippen molar-refractivity contribution in [3.8, 4) is 5.75 Å². The van der Waals surface area contributed by atoms with Gasteiger partial charge in [-0.15, -0.1) is 11.8 Å². The molecule has 0 amide bonds. The van der Waals surface area contributed by atoms with E-state index in [1.54, 1.807) is 23.9 Å². The molecule has 0 saturated heterocycles. The van der Waals surface area contributed by atoms with Crippen molar-refractivity contribution >= 4 is 23.1 Å². The average molecular weight is 290 g/mol. The van der Waals surface area contributed by atoms with Crippen LogP contribution in [0.1, 0.15) is 5.56 Å². The number of para-hydroxylation sites is 1. The molecule has 0 spiro atoms. The number of nitrogens with two attached hydrogens (primary N) is 1. The number of nitrogens with zero attached hydrogens (tertiary/aromatic N) is 1. The Morgan fingerprint density at radius 2 is 1.95 bits per heavy atom. The molecule has 104 valence electrons. The fourth-order valence-electron chi connectivity index (χ4n) is 1.72. The van der Waals surface area contributed by atoms with Crippen molar-refractivity contribution in [2.75, 3.05) is 12.0 Å². The molecule has 0 aliphatic carbocycles. The molecule has 2 aromatic rings. The lowest BCUT2D eigenvalue weighted by molar-refractivity contribution is -0.384. The molecular weight excluding hydrogens is 276 g/mol. The zero-order chi connectivity index (χ0) is 14.5. The Morgan fingerprint density at radius 3 is 2.55 bits per heavy atom. The van der Waals surface area contributed by atoms with Crippen LogP contribution in [-0.2, 0) is 6.61 Å². The molecule has 2 rings (SSSR count). The SMILES string of the molecule is CSc1ccc(OCc2cccc([N+](=O)[O-])c2N)cc1. The quantitative estimate of drug-likeness (QED) is 0.395. The molecule has 0 atom stereocenters. The highest BCUT2D eigenvalue weighted by Crippen LogP contribution is 2.26. The van der Waals surface area contributed by atoms with E-state index in [-0.39, 0.29) is 18.0 Å². The van der Waals surface area contributed by atoms with Gasteiger partial charge in [-0.1, -0.05) is 12.1 Å². The van der Waals surface area contributed by atoms with Gasteiger partial charge < -0.3 is 10.5 Å². The lowest BCUT2D eigenvalue weighted by atomic mass is 10.1. The first kappa shape index (κ1) is 14.2. The number of hydrogen-bond acceptors (Lipinski definition) is 5. The van der Waals surface area contributed by atoms with Gasteiger partial charge in [-0.25, -0.2) is 0 Å². The van der Waals surface area contributed by atoms with Crippen molar-refractivity contribution in [3.63, 3.8) is 0 Å². The van der Waals surface area contributed by atoms with E-state index in [9.17, 15) is 10.1 Å². The van der Waals surface area contributed by atoms with Gasteiger partial charge in [0.1, 0.15) is 18.0 Å². The molecule has 6 heteroatoms. The minimum absolute atomic E-state index is 0.0937. The third-order valence-electron chi connectivity index (χ3n) is 2.82. The summed E-state index contributed by atoms with van der Waals surface area (Å²) in [5.74, 6) is 0.703. The number of benzene rings is 2. The van der Waals surface area contributed by atoms with E-state index >= 15 is 0 Å². The number of ether oxygens (including phenoxy) is 1. The predicted octanol–water partition coefficient (Wildman–Crippen LogP) is 3.48. The van der Waals surface area contributed by atoms with Crippen molar-refractivity contribution in [1.82, 2.24) is 0 Å². The molecule has 5 nitrogen and oxygen atoms in total. The van der Waals surface area contributed by atoms with Crippen LogP contribution in [0.2, 0.25) is 0 Å². The molecule has 0 fully saturated rings. The van der Waals surface area contributed by atoms with Gasteiger partial charge in [0, 0.05) is 16.5 Å². The van der Waals surface area contributed by atoms with Gasteiger partial charge in [0.2, 0.25) is 0 Å². The first-order chi connectivity index (χ1) is 9.61. The second-order valence-corrected chi connectivity index (χ2v) is 4.95. The maximum Gasteiger partial charge on any atom is 0.292 e. The van der Waals surface area contributed by atoms with E-state index in [4.69, 9.17) is 10.5 Å². The zero-order valence-corrected chi connectivity index (χ0v) is 11.7. The summed E-state index contributed by atoms with van der Waals surface area (Å²) in [4.78, 5) is 11.5. The standard InChI is InChI=1S/C14H14N2O3S/c1-20-12-7-5-11(6-8-12)19-9-10-3-2-4-13(14(10)15)16(17)18/h2-8H,9,15H2,1H3. The predicted molar refractivity (Wildman–Crippen MR) is 80.1 cm³/mol. The van der Waals surface area contributed by atoms with Crippen molar-refractivity contribution in [2.45, 2.75) is 11.5 Å². The summed E-state index contributed by atoms with van der Waals surface area (Å²) in [7, 11) is 0. The van der Waals surface area contributed by atoms with E-state index in [0.29, 0.717) is 11.3 Å². The zero-order valence-electron chi connectivity index (χ0n) is 10.9. The molecule has 2 aromatic carbocycles. The summed E-state index contributed by atoms with van der Waals surface area (Å²) in [6.45, 7) is 0.201. The van der Waals surface area contributed by atoms with Gasteiger partial charge >= 0.3 is 0 Å². The molecule has 0 saturated carbocycles. The van der Waals surface area contributed by atoms with Gasteiger partial charge in [-0.2, -0.15) is 0 Å². The Labute approximate surface area is 120 Å². The van der Waals surface area contributed by atoms with Crippen LogP contribution in [0, 0.1) is 10.1 Å². The Morgan fingerprint density at radius 1 is 1.25 bits per heavy atom. The largest absolute Gasteiger partial charge is 0.489 e. The molecule has 0 aromatic heterocycles. The van der Waals surface area contributed by atoms with E-state index < -0.39 is 4.92 Å². The maximum atomic E-state index is 10.8. The van der Waals surface area contributed by atoms with E-state index in [0.717, 1.165) is 4.90 Å². The molecule has 0 heterocycles. The topological polar surface area (TPSA) is 78.4 Å². The molecule has 0 bridgehead atoms. The summed E-state index contributed by atoms with van der Waals surface area (Å²) in [6, 6.07) is 12.3. The Hall–Kier alpha value is -2.21. The van der Waals surface area contributed by atoms with Crippen molar-refractivity contribution in [3.05, 3.63) is 58.1 Å². The van der Waals surface area contributed by atoms with Crippen LogP contribution in [0.3, 0.4) is 0 Å². The van der Waals surface area contributed by atoms with Gasteiger partial charge in [-0.05, 0) is 30.5 Å². The van der Waals surface area contributed by atoms with Crippen LogP contribution in [0.4, 0.5) is 11.4 Å². The number of thioether (sulfide) groups is 1. The number of rotatable bonds is 5. The lowest BCUT2D eigenvalue weighted by Crippen LogP contribution is -2.03. The minimum Gasteiger partial charge on any atom is -0.489 e. The number of nitro groups is 1. The average Bonchev–Trinajstić information content (AvgIpc) is 2.46. The summed E-state index contributed by atoms with van der Waals surface area (Å²) in [5.41, 5.74) is 6.43. The molecule has 0 aliphatic rings. The van der Waals surface area contributed by atoms with Crippen LogP contribution in [0.5, 0.6) is 5.75 Å². The highest BCUT2D eigenvalue weighted by atomic mass is 32.2. The van der Waals surface area contributed by atoms with Crippen molar-refractivity contribution < 1.29 is 9.66 Å². The van der Waals surface area contributed by atoms with E-state index in [1.165, 1.54) is 6.07 Å². The highest BCUT2D eigenvalue weighted by molar-refractivity contribution is 7.98. The van der Waals surface area contributed by atoms with Gasteiger partial charge in [-0.3, -0.25) is 10.1 Å². The minimum atomic E-state index is -0.494. The summed E-state index contributed by atoms with van der Waals surface area (Å²) < 4.78 is 5.60. The second-order valence-electron chi connectivity index (χ2n) is 4.07. The number of anilines is 1. The summed E-state index contributed by atoms with van der Waals surface area (Å²) >= 11 is 1.65. The number of hydrogen-bond donors (Lipinski definition) is 1. The van der Waals surface area contributed by atoms with Gasteiger partial charge in [0.25, 0.3) is 5.69 Å². The number of nitro benzene ring substituents is 1. The number of nitrogen functional groups attached to an aromatic ring is 1. The van der Waals surface area contributed by atoms with Crippen LogP contribution < -0.4 is 10.5 Å². The maximum absolute atomic E-state index is 10.8. The fraction of sp³-hybridized carbons (Fsp3) is 0.143. The molecule has 0 radical (unpaired) electrons. The monoisotopic (exact) mass is 290 g/mol. The second kappa shape index (κ2) is 6.29. The normalized spacial score (nSPS) is 10.2. The van der Waals surface area contributed by atoms with Crippen LogP contribution >= 0.6 is 11.8 Å². The van der Waals surface area contributed by atoms with Gasteiger partial charge in [0.15, 0.2) is 0 Å².